The van der Waals surface area contributed by atoms with Gasteiger partial charge in [-0.15, -0.1) is 0 Å². The number of oxime groups is 1. The zero-order valence-electron chi connectivity index (χ0n) is 18.0. The maximum absolute atomic E-state index is 13.3. The number of ketones is 2. The first kappa shape index (κ1) is 19.7. The number of carbonyl (C=O) groups is 2. The molecule has 5 rings (SSSR count). The zero-order chi connectivity index (χ0) is 20.2. The number of fused-ring (bicyclic) bond motifs is 5. The van der Waals surface area contributed by atoms with Crippen LogP contribution in [0.3, 0.4) is 0 Å². The van der Waals surface area contributed by atoms with Crippen LogP contribution in [0.1, 0.15) is 78.1 Å². The minimum Gasteiger partial charge on any atom is -0.394 e. The van der Waals surface area contributed by atoms with Gasteiger partial charge in [-0.1, -0.05) is 19.0 Å². The van der Waals surface area contributed by atoms with E-state index in [-0.39, 0.29) is 16.7 Å². The first-order chi connectivity index (χ1) is 13.9. The van der Waals surface area contributed by atoms with Crippen LogP contribution in [0.5, 0.6) is 0 Å². The van der Waals surface area contributed by atoms with Crippen molar-refractivity contribution in [2.24, 2.45) is 39.7 Å². The molecule has 1 heterocycles. The molecular formula is C24H36N2O3. The Morgan fingerprint density at radius 3 is 2.72 bits per heavy atom. The van der Waals surface area contributed by atoms with Crippen molar-refractivity contribution in [3.8, 4) is 0 Å². The Balaban J connectivity index is 1.30. The molecule has 5 nitrogen and oxygen atoms in total. The van der Waals surface area contributed by atoms with E-state index in [2.05, 4.69) is 24.3 Å². The quantitative estimate of drug-likeness (QED) is 0.730. The topological polar surface area (TPSA) is 67.8 Å². The average Bonchev–Trinajstić information content (AvgIpc) is 3.31. The largest absolute Gasteiger partial charge is 0.394 e. The summed E-state index contributed by atoms with van der Waals surface area (Å²) in [6.07, 6.45) is 9.67. The molecule has 5 heteroatoms. The summed E-state index contributed by atoms with van der Waals surface area (Å²) in [6.45, 7) is 6.27. The van der Waals surface area contributed by atoms with Gasteiger partial charge in [0.05, 0.1) is 5.71 Å². The molecule has 0 radical (unpaired) electrons. The summed E-state index contributed by atoms with van der Waals surface area (Å²) in [5.74, 6) is 2.38. The Labute approximate surface area is 174 Å². The molecule has 1 saturated heterocycles. The number of nitrogens with one attached hydrogen (secondary N) is 1. The fourth-order valence-electron chi connectivity index (χ4n) is 7.82. The SMILES string of the molecule is C[C@]12CCC(=NOC[C@@H]3CCCN3)C[C@@H]1C(=O)C[C@@H]1[C@@H]2CC[C@]2(C)C(=O)CC[C@@H]12. The van der Waals surface area contributed by atoms with Crippen LogP contribution < -0.4 is 5.32 Å². The predicted molar refractivity (Wildman–Crippen MR) is 112 cm³/mol. The molecule has 0 aromatic heterocycles. The maximum atomic E-state index is 13.3. The average molecular weight is 401 g/mol. The molecule has 4 saturated carbocycles. The second kappa shape index (κ2) is 7.18. The third-order valence-corrected chi connectivity index (χ3v) is 9.64. The highest BCUT2D eigenvalue weighted by Crippen LogP contribution is 2.64. The molecular weight excluding hydrogens is 364 g/mol. The number of hydrogen-bond acceptors (Lipinski definition) is 5. The lowest BCUT2D eigenvalue weighted by Crippen LogP contribution is -2.56. The minimum absolute atomic E-state index is 0.0684. The van der Waals surface area contributed by atoms with Gasteiger partial charge in [0, 0.05) is 30.2 Å². The van der Waals surface area contributed by atoms with Crippen molar-refractivity contribution in [2.45, 2.75) is 84.1 Å². The molecule has 0 amide bonds. The van der Waals surface area contributed by atoms with Crippen LogP contribution in [0.15, 0.2) is 5.16 Å². The maximum Gasteiger partial charge on any atom is 0.139 e. The van der Waals surface area contributed by atoms with Gasteiger partial charge in [0.25, 0.3) is 0 Å². The van der Waals surface area contributed by atoms with Crippen LogP contribution >= 0.6 is 0 Å². The Hall–Kier alpha value is -1.23. The van der Waals surface area contributed by atoms with Crippen LogP contribution in [0.25, 0.3) is 0 Å². The molecule has 5 aliphatic rings. The van der Waals surface area contributed by atoms with Gasteiger partial charge < -0.3 is 10.2 Å². The van der Waals surface area contributed by atoms with E-state index >= 15 is 0 Å². The van der Waals surface area contributed by atoms with Gasteiger partial charge in [0.2, 0.25) is 0 Å². The predicted octanol–water partition coefficient (Wildman–Crippen LogP) is 3.90. The summed E-state index contributed by atoms with van der Waals surface area (Å²) in [7, 11) is 0. The van der Waals surface area contributed by atoms with E-state index < -0.39 is 0 Å². The molecule has 0 aromatic rings. The van der Waals surface area contributed by atoms with E-state index in [1.807, 2.05) is 0 Å². The molecule has 0 spiro atoms. The highest BCUT2D eigenvalue weighted by Gasteiger charge is 2.62. The lowest BCUT2D eigenvalue weighted by atomic mass is 9.45. The summed E-state index contributed by atoms with van der Waals surface area (Å²) >= 11 is 0. The first-order valence-corrected chi connectivity index (χ1v) is 11.9. The first-order valence-electron chi connectivity index (χ1n) is 11.9. The van der Waals surface area contributed by atoms with Crippen molar-refractivity contribution >= 4 is 17.3 Å². The number of Topliss-reactive ketones (excluding diaryl/α,β-unsaturated/α-hetero) is 2. The fourth-order valence-corrected chi connectivity index (χ4v) is 7.82. The van der Waals surface area contributed by atoms with E-state index in [4.69, 9.17) is 4.84 Å². The summed E-state index contributed by atoms with van der Waals surface area (Å²) in [6, 6.07) is 0.427. The van der Waals surface area contributed by atoms with Crippen LogP contribution in [-0.4, -0.2) is 36.5 Å². The van der Waals surface area contributed by atoms with Crippen LogP contribution in [0, 0.1) is 34.5 Å². The van der Waals surface area contributed by atoms with Crippen LogP contribution in [0.2, 0.25) is 0 Å². The monoisotopic (exact) mass is 400 g/mol. The smallest absolute Gasteiger partial charge is 0.139 e. The molecule has 1 aliphatic heterocycles. The molecule has 7 atom stereocenters. The summed E-state index contributed by atoms with van der Waals surface area (Å²) in [4.78, 5) is 31.5. The van der Waals surface area contributed by atoms with Gasteiger partial charge in [0.15, 0.2) is 0 Å². The van der Waals surface area contributed by atoms with E-state index in [1.54, 1.807) is 0 Å². The summed E-state index contributed by atoms with van der Waals surface area (Å²) in [5.41, 5.74) is 0.988. The van der Waals surface area contributed by atoms with Crippen molar-refractivity contribution in [3.63, 3.8) is 0 Å². The second-order valence-corrected chi connectivity index (χ2v) is 11.0. The molecule has 1 N–H and O–H groups in total. The molecule has 0 bridgehead atoms. The van der Waals surface area contributed by atoms with Gasteiger partial charge in [-0.25, -0.2) is 0 Å². The third-order valence-electron chi connectivity index (χ3n) is 9.64. The van der Waals surface area contributed by atoms with Gasteiger partial charge in [-0.2, -0.15) is 0 Å². The zero-order valence-corrected chi connectivity index (χ0v) is 18.0. The van der Waals surface area contributed by atoms with Gasteiger partial charge in [-0.3, -0.25) is 9.59 Å². The highest BCUT2D eigenvalue weighted by molar-refractivity contribution is 5.93. The van der Waals surface area contributed by atoms with Crippen molar-refractivity contribution in [1.82, 2.24) is 5.32 Å². The lowest BCUT2D eigenvalue weighted by Gasteiger charge is -2.58. The third kappa shape index (κ3) is 3.10. The van der Waals surface area contributed by atoms with Gasteiger partial charge in [-0.05, 0) is 81.1 Å². The van der Waals surface area contributed by atoms with Crippen molar-refractivity contribution in [2.75, 3.05) is 13.2 Å². The highest BCUT2D eigenvalue weighted by atomic mass is 16.6. The molecule has 4 aliphatic carbocycles. The molecule has 0 unspecified atom stereocenters. The van der Waals surface area contributed by atoms with Gasteiger partial charge in [0.1, 0.15) is 18.2 Å². The van der Waals surface area contributed by atoms with Crippen LogP contribution in [0.4, 0.5) is 0 Å². The van der Waals surface area contributed by atoms with Gasteiger partial charge >= 0.3 is 0 Å². The number of rotatable bonds is 3. The normalized spacial score (nSPS) is 48.3. The molecule has 5 fully saturated rings. The molecule has 160 valence electrons. The van der Waals surface area contributed by atoms with Crippen molar-refractivity contribution in [1.29, 1.82) is 0 Å². The Kier molecular flexibility index (Phi) is 4.88. The Bertz CT molecular complexity index is 728. The summed E-state index contributed by atoms with van der Waals surface area (Å²) in [5, 5.41) is 7.90. The fraction of sp³-hybridized carbons (Fsp3) is 0.875. The van der Waals surface area contributed by atoms with E-state index in [0.717, 1.165) is 63.6 Å². The van der Waals surface area contributed by atoms with Crippen molar-refractivity contribution < 1.29 is 14.4 Å². The summed E-state index contributed by atoms with van der Waals surface area (Å²) < 4.78 is 0. The van der Waals surface area contributed by atoms with Crippen molar-refractivity contribution in [3.05, 3.63) is 0 Å². The van der Waals surface area contributed by atoms with Crippen LogP contribution in [-0.2, 0) is 14.4 Å². The van der Waals surface area contributed by atoms with E-state index in [0.29, 0.717) is 48.4 Å². The number of hydrogen-bond donors (Lipinski definition) is 1. The second-order valence-electron chi connectivity index (χ2n) is 11.0. The Morgan fingerprint density at radius 2 is 1.93 bits per heavy atom. The van der Waals surface area contributed by atoms with E-state index in [1.165, 1.54) is 6.42 Å². The molecule has 0 aromatic carbocycles. The number of carbonyl (C=O) groups excluding carboxylic acids is 2. The number of nitrogens with zero attached hydrogens (tertiary/aromatic N) is 1. The standard InChI is InChI=1S/C24H36N2O3/c1-23-9-7-15(26-29-14-16-4-3-11-25-16)12-20(23)21(27)13-17-18-5-6-22(28)24(18,2)10-8-19(17)23/h16-20,25H,3-14H2,1-2H3/t16-,17-,18-,19-,20+,23+,24-/m0/s1. The lowest BCUT2D eigenvalue weighted by molar-refractivity contribution is -0.152. The van der Waals surface area contributed by atoms with E-state index in [9.17, 15) is 9.59 Å². The molecule has 29 heavy (non-hydrogen) atoms. The Morgan fingerprint density at radius 1 is 1.07 bits per heavy atom. The minimum atomic E-state index is -0.159.